The Bertz CT molecular complexity index is 188. The molecule has 0 spiro atoms. The van der Waals surface area contributed by atoms with Crippen molar-refractivity contribution in [1.29, 1.82) is 0 Å². The number of unbranched alkanes of at least 4 members (excludes halogenated alkanes) is 1. The van der Waals surface area contributed by atoms with Gasteiger partial charge in [-0.05, 0) is 38.8 Å². The Labute approximate surface area is 92.2 Å². The van der Waals surface area contributed by atoms with Crippen LogP contribution in [-0.2, 0) is 4.79 Å². The third kappa shape index (κ3) is 5.14. The van der Waals surface area contributed by atoms with E-state index < -0.39 is 0 Å². The monoisotopic (exact) mass is 213 g/mol. The zero-order chi connectivity index (χ0) is 11.1. The molecule has 4 nitrogen and oxygen atoms in total. The first kappa shape index (κ1) is 12.5. The maximum atomic E-state index is 10.9. The molecule has 0 atom stereocenters. The normalized spacial score (nSPS) is 19.1. The van der Waals surface area contributed by atoms with Gasteiger partial charge in [-0.2, -0.15) is 0 Å². The molecule has 0 aromatic rings. The second-order valence-electron chi connectivity index (χ2n) is 4.31. The number of rotatable bonds is 5. The maximum absolute atomic E-state index is 10.9. The highest BCUT2D eigenvalue weighted by Gasteiger charge is 2.18. The van der Waals surface area contributed by atoms with E-state index in [0.29, 0.717) is 6.04 Å². The highest BCUT2D eigenvalue weighted by molar-refractivity contribution is 5.73. The van der Waals surface area contributed by atoms with Crippen molar-refractivity contribution in [2.75, 3.05) is 26.2 Å². The number of amides is 1. The van der Waals surface area contributed by atoms with Crippen molar-refractivity contribution in [2.45, 2.75) is 38.6 Å². The molecular formula is C11H23N3O. The summed E-state index contributed by atoms with van der Waals surface area (Å²) in [5.74, 6) is 0.0941. The van der Waals surface area contributed by atoms with Crippen LogP contribution in [0.4, 0.5) is 0 Å². The molecule has 0 unspecified atom stereocenters. The van der Waals surface area contributed by atoms with Crippen LogP contribution in [0, 0.1) is 0 Å². The molecule has 1 aliphatic rings. The van der Waals surface area contributed by atoms with Gasteiger partial charge in [-0.3, -0.25) is 4.79 Å². The number of likely N-dealkylation sites (tertiary alicyclic amines) is 1. The highest BCUT2D eigenvalue weighted by Crippen LogP contribution is 2.10. The number of carbonyl (C=O) groups is 1. The van der Waals surface area contributed by atoms with Gasteiger partial charge in [0, 0.05) is 26.1 Å². The van der Waals surface area contributed by atoms with E-state index in [1.165, 1.54) is 6.42 Å². The van der Waals surface area contributed by atoms with Gasteiger partial charge in [-0.1, -0.05) is 0 Å². The maximum Gasteiger partial charge on any atom is 0.217 e. The second-order valence-corrected chi connectivity index (χ2v) is 4.31. The first-order chi connectivity index (χ1) is 7.22. The Kier molecular flexibility index (Phi) is 5.65. The van der Waals surface area contributed by atoms with Crippen molar-refractivity contribution in [3.8, 4) is 0 Å². The number of hydrogen-bond donors (Lipinski definition) is 2. The van der Waals surface area contributed by atoms with E-state index in [9.17, 15) is 4.79 Å². The summed E-state index contributed by atoms with van der Waals surface area (Å²) in [7, 11) is 0. The Morgan fingerprint density at radius 1 is 1.40 bits per heavy atom. The van der Waals surface area contributed by atoms with E-state index in [2.05, 4.69) is 10.2 Å². The van der Waals surface area contributed by atoms with E-state index in [1.807, 2.05) is 0 Å². The van der Waals surface area contributed by atoms with Gasteiger partial charge in [0.2, 0.25) is 5.91 Å². The molecule has 88 valence electrons. The number of hydrogen-bond acceptors (Lipinski definition) is 3. The molecule has 1 heterocycles. The van der Waals surface area contributed by atoms with Crippen LogP contribution in [0.15, 0.2) is 0 Å². The largest absolute Gasteiger partial charge is 0.354 e. The van der Waals surface area contributed by atoms with Crippen LogP contribution in [-0.4, -0.2) is 43.0 Å². The molecular weight excluding hydrogens is 190 g/mol. The molecule has 1 amide bonds. The summed E-state index contributed by atoms with van der Waals surface area (Å²) in [5, 5.41) is 2.98. The summed E-state index contributed by atoms with van der Waals surface area (Å²) in [6.07, 6.45) is 4.48. The smallest absolute Gasteiger partial charge is 0.217 e. The van der Waals surface area contributed by atoms with Crippen molar-refractivity contribution in [3.05, 3.63) is 0 Å². The van der Waals surface area contributed by atoms with E-state index in [-0.39, 0.29) is 5.91 Å². The van der Waals surface area contributed by atoms with E-state index in [4.69, 9.17) is 5.73 Å². The molecule has 0 aromatic heterocycles. The minimum atomic E-state index is 0.0941. The quantitative estimate of drug-likeness (QED) is 0.647. The first-order valence-corrected chi connectivity index (χ1v) is 5.92. The molecule has 0 aliphatic carbocycles. The van der Waals surface area contributed by atoms with Gasteiger partial charge in [0.25, 0.3) is 0 Å². The highest BCUT2D eigenvalue weighted by atomic mass is 16.1. The van der Waals surface area contributed by atoms with Gasteiger partial charge in [0.15, 0.2) is 0 Å². The molecule has 4 heteroatoms. The molecule has 0 bridgehead atoms. The third-order valence-electron chi connectivity index (χ3n) is 2.92. The Hall–Kier alpha value is -0.610. The van der Waals surface area contributed by atoms with Crippen LogP contribution in [0.1, 0.15) is 32.6 Å². The minimum absolute atomic E-state index is 0.0941. The topological polar surface area (TPSA) is 58.4 Å². The van der Waals surface area contributed by atoms with Crippen LogP contribution < -0.4 is 11.1 Å². The molecule has 1 fully saturated rings. The SMILES string of the molecule is CC(=O)NC1CCN(CCCCN)CC1. The van der Waals surface area contributed by atoms with Crippen molar-refractivity contribution in [1.82, 2.24) is 10.2 Å². The first-order valence-electron chi connectivity index (χ1n) is 5.92. The Morgan fingerprint density at radius 2 is 2.07 bits per heavy atom. The number of nitrogens with one attached hydrogen (secondary N) is 1. The lowest BCUT2D eigenvalue weighted by Crippen LogP contribution is -2.44. The lowest BCUT2D eigenvalue weighted by atomic mass is 10.0. The second kappa shape index (κ2) is 6.80. The van der Waals surface area contributed by atoms with Crippen LogP contribution in [0.25, 0.3) is 0 Å². The van der Waals surface area contributed by atoms with Crippen LogP contribution in [0.3, 0.4) is 0 Å². The van der Waals surface area contributed by atoms with Gasteiger partial charge in [0.05, 0.1) is 0 Å². The summed E-state index contributed by atoms with van der Waals surface area (Å²) < 4.78 is 0. The summed E-state index contributed by atoms with van der Waals surface area (Å²) in [4.78, 5) is 13.3. The molecule has 0 aromatic carbocycles. The van der Waals surface area contributed by atoms with Gasteiger partial charge in [-0.25, -0.2) is 0 Å². The molecule has 0 saturated carbocycles. The van der Waals surface area contributed by atoms with E-state index in [1.54, 1.807) is 6.92 Å². The Morgan fingerprint density at radius 3 is 2.60 bits per heavy atom. The van der Waals surface area contributed by atoms with Crippen molar-refractivity contribution in [3.63, 3.8) is 0 Å². The van der Waals surface area contributed by atoms with Gasteiger partial charge >= 0.3 is 0 Å². The average Bonchev–Trinajstić information content (AvgIpc) is 2.20. The van der Waals surface area contributed by atoms with Gasteiger partial charge < -0.3 is 16.0 Å². The van der Waals surface area contributed by atoms with Gasteiger partial charge in [0.1, 0.15) is 0 Å². The standard InChI is InChI=1S/C11H23N3O/c1-10(15)13-11-4-8-14(9-5-11)7-3-2-6-12/h11H,2-9,12H2,1H3,(H,13,15). The number of nitrogens with zero attached hydrogens (tertiary/aromatic N) is 1. The fourth-order valence-corrected chi connectivity index (χ4v) is 2.07. The fourth-order valence-electron chi connectivity index (χ4n) is 2.07. The number of carbonyl (C=O) groups excluding carboxylic acids is 1. The number of nitrogens with two attached hydrogens (primary N) is 1. The van der Waals surface area contributed by atoms with Crippen molar-refractivity contribution >= 4 is 5.91 Å². The van der Waals surface area contributed by atoms with Crippen LogP contribution in [0.2, 0.25) is 0 Å². The van der Waals surface area contributed by atoms with Gasteiger partial charge in [-0.15, -0.1) is 0 Å². The molecule has 3 N–H and O–H groups in total. The Balaban J connectivity index is 2.10. The van der Waals surface area contributed by atoms with Crippen LogP contribution in [0.5, 0.6) is 0 Å². The van der Waals surface area contributed by atoms with Crippen molar-refractivity contribution < 1.29 is 4.79 Å². The fraction of sp³-hybridized carbons (Fsp3) is 0.909. The third-order valence-corrected chi connectivity index (χ3v) is 2.92. The number of piperidine rings is 1. The molecule has 0 radical (unpaired) electrons. The lowest BCUT2D eigenvalue weighted by Gasteiger charge is -2.32. The molecule has 15 heavy (non-hydrogen) atoms. The molecule has 1 aliphatic heterocycles. The molecule has 1 saturated heterocycles. The summed E-state index contributed by atoms with van der Waals surface area (Å²) in [6.45, 7) is 5.75. The minimum Gasteiger partial charge on any atom is -0.354 e. The zero-order valence-corrected chi connectivity index (χ0v) is 9.67. The van der Waals surface area contributed by atoms with Crippen LogP contribution >= 0.6 is 0 Å². The predicted octanol–water partition coefficient (Wildman–Crippen LogP) is 0.326. The summed E-state index contributed by atoms with van der Waals surface area (Å²) >= 11 is 0. The summed E-state index contributed by atoms with van der Waals surface area (Å²) in [6, 6.07) is 0.397. The molecule has 1 rings (SSSR count). The predicted molar refractivity (Wildman–Crippen MR) is 61.6 cm³/mol. The lowest BCUT2D eigenvalue weighted by molar-refractivity contribution is -0.119. The average molecular weight is 213 g/mol. The van der Waals surface area contributed by atoms with Crippen molar-refractivity contribution in [2.24, 2.45) is 5.73 Å². The van der Waals surface area contributed by atoms with E-state index >= 15 is 0 Å². The summed E-state index contributed by atoms with van der Waals surface area (Å²) in [5.41, 5.74) is 5.46. The zero-order valence-electron chi connectivity index (χ0n) is 9.67. The van der Waals surface area contributed by atoms with E-state index in [0.717, 1.165) is 45.4 Å².